The minimum atomic E-state index is -4.16. The molecule has 0 aliphatic rings. The van der Waals surface area contributed by atoms with Gasteiger partial charge in [-0.05, 0) is 19.5 Å². The van der Waals surface area contributed by atoms with Gasteiger partial charge >= 0.3 is 6.18 Å². The first-order chi connectivity index (χ1) is 7.90. The van der Waals surface area contributed by atoms with Crippen LogP contribution in [0.15, 0.2) is 6.07 Å². The van der Waals surface area contributed by atoms with Gasteiger partial charge in [0, 0.05) is 18.7 Å². The van der Waals surface area contributed by atoms with Crippen LogP contribution in [0.1, 0.15) is 30.6 Å². The predicted molar refractivity (Wildman–Crippen MR) is 58.5 cm³/mol. The highest BCUT2D eigenvalue weighted by Gasteiger charge is 2.27. The number of hydrogen-bond acceptors (Lipinski definition) is 3. The molecule has 1 aromatic rings. The number of alkyl halides is 3. The van der Waals surface area contributed by atoms with Gasteiger partial charge in [-0.1, -0.05) is 6.92 Å². The van der Waals surface area contributed by atoms with Crippen molar-refractivity contribution in [3.8, 4) is 0 Å². The van der Waals surface area contributed by atoms with E-state index >= 15 is 0 Å². The van der Waals surface area contributed by atoms with Crippen LogP contribution < -0.4 is 5.32 Å². The van der Waals surface area contributed by atoms with E-state index in [9.17, 15) is 13.2 Å². The molecule has 1 rings (SSSR count). The summed E-state index contributed by atoms with van der Waals surface area (Å²) in [6.07, 6.45) is -5.20. The summed E-state index contributed by atoms with van der Waals surface area (Å²) in [7, 11) is 0. The first-order valence-corrected chi connectivity index (χ1v) is 5.51. The minimum absolute atomic E-state index is 0.162. The van der Waals surface area contributed by atoms with Crippen LogP contribution in [0.5, 0.6) is 0 Å². The molecule has 0 spiro atoms. The van der Waals surface area contributed by atoms with Crippen LogP contribution in [-0.2, 0) is 13.0 Å². The molecule has 0 amide bonds. The molecule has 0 saturated carbocycles. The van der Waals surface area contributed by atoms with E-state index in [1.54, 1.807) is 13.0 Å². The van der Waals surface area contributed by atoms with Gasteiger partial charge in [0.1, 0.15) is 5.82 Å². The number of nitrogens with one attached hydrogen (secondary N) is 1. The normalized spacial score (nSPS) is 11.8. The summed E-state index contributed by atoms with van der Waals surface area (Å²) in [4.78, 5) is 8.11. The summed E-state index contributed by atoms with van der Waals surface area (Å²) in [5.74, 6) is 0.259. The molecule has 0 aromatic carbocycles. The molecule has 1 aromatic heterocycles. The third kappa shape index (κ3) is 5.63. The Hall–Kier alpha value is -1.17. The van der Waals surface area contributed by atoms with Gasteiger partial charge in [0.05, 0.1) is 12.1 Å². The highest BCUT2D eigenvalue weighted by Crippen LogP contribution is 2.21. The molecule has 0 fully saturated rings. The van der Waals surface area contributed by atoms with E-state index in [2.05, 4.69) is 15.3 Å². The van der Waals surface area contributed by atoms with E-state index in [0.717, 1.165) is 12.2 Å². The molecule has 3 nitrogen and oxygen atoms in total. The summed E-state index contributed by atoms with van der Waals surface area (Å²) in [6, 6.07) is 1.78. The molecule has 0 aliphatic carbocycles. The molecule has 0 aliphatic heterocycles. The summed E-state index contributed by atoms with van der Waals surface area (Å²) in [5, 5.41) is 3.08. The highest BCUT2D eigenvalue weighted by molar-refractivity contribution is 5.10. The second-order valence-electron chi connectivity index (χ2n) is 3.81. The summed E-state index contributed by atoms with van der Waals surface area (Å²) in [5.41, 5.74) is 1.43. The molecule has 96 valence electrons. The fraction of sp³-hybridized carbons (Fsp3) is 0.636. The van der Waals surface area contributed by atoms with E-state index in [-0.39, 0.29) is 12.2 Å². The molecule has 6 heteroatoms. The number of rotatable bonds is 5. The Kier molecular flexibility index (Phi) is 4.86. The van der Waals surface area contributed by atoms with Gasteiger partial charge in [0.2, 0.25) is 0 Å². The Bertz CT molecular complexity index is 363. The Balaban J connectivity index is 2.68. The van der Waals surface area contributed by atoms with E-state index < -0.39 is 12.6 Å². The van der Waals surface area contributed by atoms with Gasteiger partial charge in [-0.25, -0.2) is 9.97 Å². The zero-order valence-corrected chi connectivity index (χ0v) is 9.93. The Morgan fingerprint density at radius 2 is 2.00 bits per heavy atom. The molecule has 1 N–H and O–H groups in total. The van der Waals surface area contributed by atoms with Crippen molar-refractivity contribution < 1.29 is 13.2 Å². The molecule has 17 heavy (non-hydrogen) atoms. The van der Waals surface area contributed by atoms with Gasteiger partial charge in [0.15, 0.2) is 0 Å². The largest absolute Gasteiger partial charge is 0.389 e. The molecule has 1 heterocycles. The SMILES string of the molecule is CCNCc1cc(C)nc(CCC(F)(F)F)n1. The first kappa shape index (κ1) is 13.9. The summed E-state index contributed by atoms with van der Waals surface area (Å²) >= 11 is 0. The van der Waals surface area contributed by atoms with Gasteiger partial charge < -0.3 is 5.32 Å². The maximum absolute atomic E-state index is 12.1. The van der Waals surface area contributed by atoms with Crippen LogP contribution in [0, 0.1) is 6.92 Å². The van der Waals surface area contributed by atoms with Gasteiger partial charge in [-0.15, -0.1) is 0 Å². The standard InChI is InChI=1S/C11H16F3N3/c1-3-15-7-9-6-8(2)16-10(17-9)4-5-11(12,13)14/h6,15H,3-5,7H2,1-2H3. The average molecular weight is 247 g/mol. The minimum Gasteiger partial charge on any atom is -0.311 e. The highest BCUT2D eigenvalue weighted by atomic mass is 19.4. The molecule has 0 atom stereocenters. The van der Waals surface area contributed by atoms with Crippen LogP contribution in [0.2, 0.25) is 0 Å². The summed E-state index contributed by atoms with van der Waals surface area (Å²) in [6.45, 7) is 5.06. The number of aromatic nitrogens is 2. The third-order valence-electron chi connectivity index (χ3n) is 2.14. The molecular formula is C11H16F3N3. The lowest BCUT2D eigenvalue weighted by Crippen LogP contribution is -2.15. The first-order valence-electron chi connectivity index (χ1n) is 5.51. The fourth-order valence-corrected chi connectivity index (χ4v) is 1.41. The van der Waals surface area contributed by atoms with Gasteiger partial charge in [-0.2, -0.15) is 13.2 Å². The van der Waals surface area contributed by atoms with Crippen molar-refractivity contribution in [2.75, 3.05) is 6.54 Å². The molecule has 0 bridgehead atoms. The van der Waals surface area contributed by atoms with E-state index in [0.29, 0.717) is 12.2 Å². The van der Waals surface area contributed by atoms with Crippen molar-refractivity contribution in [1.82, 2.24) is 15.3 Å². The topological polar surface area (TPSA) is 37.8 Å². The number of hydrogen-bond donors (Lipinski definition) is 1. The van der Waals surface area contributed by atoms with Crippen LogP contribution in [-0.4, -0.2) is 22.7 Å². The second-order valence-corrected chi connectivity index (χ2v) is 3.81. The lowest BCUT2D eigenvalue weighted by molar-refractivity contribution is -0.134. The third-order valence-corrected chi connectivity index (χ3v) is 2.14. The molecule has 0 radical (unpaired) electrons. The monoisotopic (exact) mass is 247 g/mol. The van der Waals surface area contributed by atoms with Crippen molar-refractivity contribution in [3.63, 3.8) is 0 Å². The fourth-order valence-electron chi connectivity index (χ4n) is 1.41. The van der Waals surface area contributed by atoms with Gasteiger partial charge in [0.25, 0.3) is 0 Å². The summed E-state index contributed by atoms with van der Waals surface area (Å²) < 4.78 is 36.2. The lowest BCUT2D eigenvalue weighted by Gasteiger charge is -2.08. The number of aryl methyl sites for hydroxylation is 2. The number of nitrogens with zero attached hydrogens (tertiary/aromatic N) is 2. The van der Waals surface area contributed by atoms with Crippen molar-refractivity contribution in [2.24, 2.45) is 0 Å². The Labute approximate surface area is 98.5 Å². The van der Waals surface area contributed by atoms with E-state index in [1.165, 1.54) is 0 Å². The zero-order valence-electron chi connectivity index (χ0n) is 9.93. The van der Waals surface area contributed by atoms with E-state index in [1.807, 2.05) is 6.92 Å². The van der Waals surface area contributed by atoms with Crippen LogP contribution in [0.3, 0.4) is 0 Å². The molecular weight excluding hydrogens is 231 g/mol. The Morgan fingerprint density at radius 1 is 1.29 bits per heavy atom. The lowest BCUT2D eigenvalue weighted by atomic mass is 10.2. The zero-order chi connectivity index (χ0) is 12.9. The van der Waals surface area contributed by atoms with Crippen LogP contribution in [0.25, 0.3) is 0 Å². The Morgan fingerprint density at radius 3 is 2.59 bits per heavy atom. The predicted octanol–water partition coefficient (Wildman–Crippen LogP) is 2.39. The van der Waals surface area contributed by atoms with Crippen LogP contribution >= 0.6 is 0 Å². The quantitative estimate of drug-likeness (QED) is 0.868. The van der Waals surface area contributed by atoms with E-state index in [4.69, 9.17) is 0 Å². The van der Waals surface area contributed by atoms with Crippen molar-refractivity contribution in [2.45, 2.75) is 39.4 Å². The van der Waals surface area contributed by atoms with Crippen LogP contribution in [0.4, 0.5) is 13.2 Å². The van der Waals surface area contributed by atoms with Gasteiger partial charge in [-0.3, -0.25) is 0 Å². The molecule has 0 saturated heterocycles. The molecule has 0 unspecified atom stereocenters. The maximum atomic E-state index is 12.1. The maximum Gasteiger partial charge on any atom is 0.389 e. The van der Waals surface area contributed by atoms with Crippen molar-refractivity contribution in [1.29, 1.82) is 0 Å². The van der Waals surface area contributed by atoms with Crippen molar-refractivity contribution >= 4 is 0 Å². The number of halogens is 3. The average Bonchev–Trinajstić information content (AvgIpc) is 2.22. The van der Waals surface area contributed by atoms with Crippen molar-refractivity contribution in [3.05, 3.63) is 23.3 Å². The second kappa shape index (κ2) is 5.95. The smallest absolute Gasteiger partial charge is 0.311 e.